The van der Waals surface area contributed by atoms with Crippen LogP contribution in [0.15, 0.2) is 12.3 Å². The lowest BCUT2D eigenvalue weighted by atomic mass is 10.2. The highest BCUT2D eigenvalue weighted by atomic mass is 35.5. The molecular weight excluding hydrogens is 281 g/mol. The first-order valence-electron chi connectivity index (χ1n) is 5.57. The van der Waals surface area contributed by atoms with Crippen LogP contribution in [0.5, 0.6) is 0 Å². The largest absolute Gasteiger partial charge is 0.405 e. The number of hydrogen-bond donors (Lipinski definition) is 2. The summed E-state index contributed by atoms with van der Waals surface area (Å²) in [5.41, 5.74) is 5.49. The molecule has 1 rings (SSSR count). The second kappa shape index (κ2) is 6.10. The van der Waals surface area contributed by atoms with Crippen molar-refractivity contribution in [2.45, 2.75) is 19.5 Å². The molecule has 0 saturated heterocycles. The number of amidine groups is 1. The van der Waals surface area contributed by atoms with Crippen LogP contribution in [-0.4, -0.2) is 30.1 Å². The summed E-state index contributed by atoms with van der Waals surface area (Å²) < 4.78 is 37.6. The zero-order valence-electron chi connectivity index (χ0n) is 10.3. The molecule has 0 fully saturated rings. The van der Waals surface area contributed by atoms with Crippen molar-refractivity contribution in [3.8, 4) is 0 Å². The monoisotopic (exact) mass is 294 g/mol. The molecule has 0 bridgehead atoms. The van der Waals surface area contributed by atoms with Gasteiger partial charge in [0.05, 0.1) is 5.02 Å². The van der Waals surface area contributed by atoms with Gasteiger partial charge in [-0.15, -0.1) is 0 Å². The summed E-state index contributed by atoms with van der Waals surface area (Å²) in [6.07, 6.45) is -2.55. The Morgan fingerprint density at radius 3 is 2.63 bits per heavy atom. The van der Waals surface area contributed by atoms with E-state index in [1.165, 1.54) is 12.3 Å². The number of alkyl halides is 3. The van der Waals surface area contributed by atoms with Crippen LogP contribution < -0.4 is 10.6 Å². The molecule has 19 heavy (non-hydrogen) atoms. The summed E-state index contributed by atoms with van der Waals surface area (Å²) in [6.45, 7) is 0.772. The first-order chi connectivity index (χ1) is 8.76. The van der Waals surface area contributed by atoms with Crippen molar-refractivity contribution in [2.75, 3.05) is 18.0 Å². The van der Waals surface area contributed by atoms with Crippen molar-refractivity contribution in [1.82, 2.24) is 4.98 Å². The first-order valence-corrected chi connectivity index (χ1v) is 5.94. The minimum Gasteiger partial charge on any atom is -0.384 e. The van der Waals surface area contributed by atoms with Crippen LogP contribution in [0, 0.1) is 5.41 Å². The zero-order chi connectivity index (χ0) is 14.6. The predicted molar refractivity (Wildman–Crippen MR) is 68.8 cm³/mol. The summed E-state index contributed by atoms with van der Waals surface area (Å²) in [5, 5.41) is 7.29. The fraction of sp³-hybridized carbons (Fsp3) is 0.455. The molecule has 106 valence electrons. The van der Waals surface area contributed by atoms with Crippen molar-refractivity contribution < 1.29 is 13.2 Å². The number of halogens is 4. The molecule has 0 aromatic carbocycles. The lowest BCUT2D eigenvalue weighted by Gasteiger charge is -2.25. The molecule has 1 aromatic rings. The van der Waals surface area contributed by atoms with Gasteiger partial charge in [0.1, 0.15) is 18.2 Å². The lowest BCUT2D eigenvalue weighted by molar-refractivity contribution is -0.119. The van der Waals surface area contributed by atoms with Gasteiger partial charge < -0.3 is 10.6 Å². The first kappa shape index (κ1) is 15.6. The van der Waals surface area contributed by atoms with E-state index in [9.17, 15) is 13.2 Å². The van der Waals surface area contributed by atoms with Gasteiger partial charge in [0.15, 0.2) is 0 Å². The number of pyridine rings is 1. The highest BCUT2D eigenvalue weighted by Gasteiger charge is 2.32. The van der Waals surface area contributed by atoms with E-state index in [2.05, 4.69) is 4.98 Å². The summed E-state index contributed by atoms with van der Waals surface area (Å²) >= 11 is 5.97. The lowest BCUT2D eigenvalue weighted by Crippen LogP contribution is -2.35. The second-order valence-corrected chi connectivity index (χ2v) is 4.32. The van der Waals surface area contributed by atoms with E-state index in [0.717, 1.165) is 4.90 Å². The normalized spacial score (nSPS) is 11.4. The summed E-state index contributed by atoms with van der Waals surface area (Å²) in [5.74, 6) is -0.314. The smallest absolute Gasteiger partial charge is 0.384 e. The molecule has 0 radical (unpaired) electrons. The average Bonchev–Trinajstić information content (AvgIpc) is 2.26. The third-order valence-corrected chi connectivity index (χ3v) is 2.70. The molecule has 0 aliphatic heterocycles. The van der Waals surface area contributed by atoms with Crippen molar-refractivity contribution in [3.63, 3.8) is 0 Å². The highest BCUT2D eigenvalue weighted by Crippen LogP contribution is 2.29. The molecule has 0 atom stereocenters. The molecule has 3 N–H and O–H groups in total. The fourth-order valence-electron chi connectivity index (χ4n) is 1.61. The molecule has 0 unspecified atom stereocenters. The van der Waals surface area contributed by atoms with Gasteiger partial charge in [-0.25, -0.2) is 4.98 Å². The molecule has 0 aliphatic carbocycles. The van der Waals surface area contributed by atoms with Crippen LogP contribution >= 0.6 is 11.6 Å². The predicted octanol–water partition coefficient (Wildman–Crippen LogP) is 2.80. The number of nitrogens with two attached hydrogens (primary N) is 1. The molecule has 0 amide bonds. The molecule has 4 nitrogen and oxygen atoms in total. The second-order valence-electron chi connectivity index (χ2n) is 3.95. The van der Waals surface area contributed by atoms with Crippen molar-refractivity contribution >= 4 is 23.3 Å². The fourth-order valence-corrected chi connectivity index (χ4v) is 1.94. The molecule has 1 aromatic heterocycles. The van der Waals surface area contributed by atoms with Crippen molar-refractivity contribution in [1.29, 1.82) is 5.41 Å². The molecule has 1 heterocycles. The van der Waals surface area contributed by atoms with E-state index in [4.69, 9.17) is 22.7 Å². The quantitative estimate of drug-likeness (QED) is 0.648. The number of nitrogens with one attached hydrogen (secondary N) is 1. The summed E-state index contributed by atoms with van der Waals surface area (Å²) in [4.78, 5) is 4.90. The Bertz CT molecular complexity index is 462. The third-order valence-electron chi connectivity index (χ3n) is 2.32. The van der Waals surface area contributed by atoms with E-state index in [1.807, 2.05) is 0 Å². The number of nitrogen functional groups attached to an aromatic ring is 1. The molecule has 0 spiro atoms. The van der Waals surface area contributed by atoms with Gasteiger partial charge >= 0.3 is 6.18 Å². The number of anilines is 1. The van der Waals surface area contributed by atoms with E-state index >= 15 is 0 Å². The maximum atomic E-state index is 12.5. The van der Waals surface area contributed by atoms with Crippen molar-refractivity contribution in [2.24, 2.45) is 5.73 Å². The van der Waals surface area contributed by atoms with Gasteiger partial charge in [0.25, 0.3) is 0 Å². The van der Waals surface area contributed by atoms with Crippen molar-refractivity contribution in [3.05, 3.63) is 22.8 Å². The summed E-state index contributed by atoms with van der Waals surface area (Å²) in [7, 11) is 0. The van der Waals surface area contributed by atoms with Gasteiger partial charge in [0.2, 0.25) is 0 Å². The van der Waals surface area contributed by atoms with Crippen LogP contribution in [-0.2, 0) is 0 Å². The van der Waals surface area contributed by atoms with E-state index in [-0.39, 0.29) is 28.8 Å². The van der Waals surface area contributed by atoms with E-state index < -0.39 is 12.7 Å². The van der Waals surface area contributed by atoms with Gasteiger partial charge in [-0.3, -0.25) is 5.41 Å². The standard InChI is InChI=1S/C11H14ClF3N4/c1-2-5-19(6-11(13,14)15)10-8(12)7(9(16)17)3-4-18-10/h3-4H,2,5-6H2,1H3,(H3,16,17). The van der Waals surface area contributed by atoms with Crippen LogP contribution in [0.1, 0.15) is 18.9 Å². The Labute approximate surface area is 113 Å². The van der Waals surface area contributed by atoms with Gasteiger partial charge in [0, 0.05) is 18.3 Å². The Balaban J connectivity index is 3.16. The Hall–Kier alpha value is -1.50. The van der Waals surface area contributed by atoms with E-state index in [0.29, 0.717) is 6.42 Å². The van der Waals surface area contributed by atoms with Crippen LogP contribution in [0.25, 0.3) is 0 Å². The maximum absolute atomic E-state index is 12.5. The van der Waals surface area contributed by atoms with Crippen LogP contribution in [0.2, 0.25) is 5.02 Å². The average molecular weight is 295 g/mol. The molecular formula is C11H14ClF3N4. The zero-order valence-corrected chi connectivity index (χ0v) is 11.0. The topological polar surface area (TPSA) is 66.0 Å². The maximum Gasteiger partial charge on any atom is 0.405 e. The number of nitrogens with zero attached hydrogens (tertiary/aromatic N) is 2. The number of rotatable bonds is 5. The SMILES string of the molecule is CCCN(CC(F)(F)F)c1nccc(C(=N)N)c1Cl. The van der Waals surface area contributed by atoms with E-state index in [1.54, 1.807) is 6.92 Å². The highest BCUT2D eigenvalue weighted by molar-refractivity contribution is 6.36. The van der Waals surface area contributed by atoms with Gasteiger partial charge in [-0.2, -0.15) is 13.2 Å². The van der Waals surface area contributed by atoms with Gasteiger partial charge in [-0.1, -0.05) is 18.5 Å². The van der Waals surface area contributed by atoms with Crippen LogP contribution in [0.3, 0.4) is 0 Å². The Morgan fingerprint density at radius 2 is 2.16 bits per heavy atom. The Morgan fingerprint density at radius 1 is 1.53 bits per heavy atom. The van der Waals surface area contributed by atoms with Crippen LogP contribution in [0.4, 0.5) is 19.0 Å². The third kappa shape index (κ3) is 4.27. The molecule has 0 aliphatic rings. The number of aromatic nitrogens is 1. The summed E-state index contributed by atoms with van der Waals surface area (Å²) in [6, 6.07) is 1.39. The van der Waals surface area contributed by atoms with Gasteiger partial charge in [-0.05, 0) is 12.5 Å². The minimum atomic E-state index is -4.35. The minimum absolute atomic E-state index is 0.00598. The Kier molecular flexibility index (Phi) is 4.99. The number of hydrogen-bond acceptors (Lipinski definition) is 3. The molecule has 0 saturated carbocycles. The molecule has 8 heteroatoms.